The van der Waals surface area contributed by atoms with Crippen LogP contribution >= 0.6 is 27.7 Å². The van der Waals surface area contributed by atoms with Gasteiger partial charge < -0.3 is 4.74 Å². The molecule has 1 atom stereocenters. The number of ether oxygens (including phenoxy) is 1. The molecule has 4 nitrogen and oxygen atoms in total. The topological polar surface area (TPSA) is 39.9 Å². The van der Waals surface area contributed by atoms with Gasteiger partial charge in [-0.1, -0.05) is 52.0 Å². The van der Waals surface area contributed by atoms with E-state index in [1.54, 1.807) is 18.2 Å². The summed E-state index contributed by atoms with van der Waals surface area (Å²) in [5.74, 6) is 1.71. The molecule has 1 heterocycles. The number of hydrogen-bond acceptors (Lipinski definition) is 4. The normalized spacial score (nSPS) is 12.0. The summed E-state index contributed by atoms with van der Waals surface area (Å²) in [6.45, 7) is 6.29. The van der Waals surface area contributed by atoms with Gasteiger partial charge in [-0.15, -0.1) is 16.8 Å². The van der Waals surface area contributed by atoms with E-state index in [4.69, 9.17) is 4.74 Å². The first-order valence-electron chi connectivity index (χ1n) is 8.41. The maximum atomic E-state index is 13.8. The average molecular weight is 448 g/mol. The summed E-state index contributed by atoms with van der Waals surface area (Å²) < 4.78 is 22.8. The van der Waals surface area contributed by atoms with Gasteiger partial charge in [0, 0.05) is 16.8 Å². The summed E-state index contributed by atoms with van der Waals surface area (Å²) in [5.41, 5.74) is 0.636. The van der Waals surface area contributed by atoms with Crippen LogP contribution in [0.25, 0.3) is 0 Å². The van der Waals surface area contributed by atoms with Crippen molar-refractivity contribution in [3.05, 3.63) is 82.9 Å². The fourth-order valence-corrected chi connectivity index (χ4v) is 3.74. The first-order chi connectivity index (χ1) is 13.1. The summed E-state index contributed by atoms with van der Waals surface area (Å²) in [6, 6.07) is 14.4. The van der Waals surface area contributed by atoms with Gasteiger partial charge >= 0.3 is 0 Å². The second-order valence-corrected chi connectivity index (χ2v) is 7.69. The van der Waals surface area contributed by atoms with Crippen molar-refractivity contribution < 1.29 is 9.13 Å². The lowest BCUT2D eigenvalue weighted by molar-refractivity contribution is 0.210. The fraction of sp³-hybridized carbons (Fsp3) is 0.200. The van der Waals surface area contributed by atoms with Gasteiger partial charge in [0.2, 0.25) is 0 Å². The summed E-state index contributed by atoms with van der Waals surface area (Å²) in [4.78, 5) is 0. The second kappa shape index (κ2) is 9.19. The van der Waals surface area contributed by atoms with Crippen LogP contribution in [0.15, 0.2) is 70.8 Å². The van der Waals surface area contributed by atoms with E-state index < -0.39 is 0 Å². The van der Waals surface area contributed by atoms with Crippen molar-refractivity contribution in [1.29, 1.82) is 0 Å². The average Bonchev–Trinajstić information content (AvgIpc) is 3.06. The quantitative estimate of drug-likeness (QED) is 0.323. The lowest BCUT2D eigenvalue weighted by Gasteiger charge is -2.15. The van der Waals surface area contributed by atoms with Crippen LogP contribution in [-0.2, 0) is 12.3 Å². The van der Waals surface area contributed by atoms with Crippen LogP contribution in [0, 0.1) is 5.82 Å². The van der Waals surface area contributed by atoms with Crippen molar-refractivity contribution in [3.63, 3.8) is 0 Å². The Hall–Kier alpha value is -2.12. The van der Waals surface area contributed by atoms with Gasteiger partial charge in [-0.25, -0.2) is 4.39 Å². The van der Waals surface area contributed by atoms with Gasteiger partial charge in [-0.05, 0) is 42.8 Å². The molecule has 0 aliphatic rings. The van der Waals surface area contributed by atoms with Crippen molar-refractivity contribution in [2.45, 2.75) is 30.5 Å². The Morgan fingerprint density at radius 1 is 1.22 bits per heavy atom. The first kappa shape index (κ1) is 19.6. The molecule has 7 heteroatoms. The zero-order valence-electron chi connectivity index (χ0n) is 14.8. The van der Waals surface area contributed by atoms with E-state index in [-0.39, 0.29) is 11.9 Å². The molecule has 0 spiro atoms. The summed E-state index contributed by atoms with van der Waals surface area (Å²) in [7, 11) is 0. The Labute approximate surface area is 170 Å². The highest BCUT2D eigenvalue weighted by atomic mass is 79.9. The van der Waals surface area contributed by atoms with Crippen molar-refractivity contribution in [2.24, 2.45) is 0 Å². The molecule has 0 fully saturated rings. The highest BCUT2D eigenvalue weighted by molar-refractivity contribution is 9.10. The minimum absolute atomic E-state index is 0.216. The van der Waals surface area contributed by atoms with E-state index in [9.17, 15) is 4.39 Å². The highest BCUT2D eigenvalue weighted by Crippen LogP contribution is 2.27. The van der Waals surface area contributed by atoms with Gasteiger partial charge in [0.15, 0.2) is 17.1 Å². The van der Waals surface area contributed by atoms with Crippen LogP contribution in [0.2, 0.25) is 0 Å². The van der Waals surface area contributed by atoms with Crippen LogP contribution in [0.4, 0.5) is 4.39 Å². The lowest BCUT2D eigenvalue weighted by atomic mass is 10.2. The molecule has 0 saturated heterocycles. The molecule has 0 saturated carbocycles. The van der Waals surface area contributed by atoms with Crippen LogP contribution < -0.4 is 4.74 Å². The Kier molecular flexibility index (Phi) is 6.68. The van der Waals surface area contributed by atoms with Crippen molar-refractivity contribution in [1.82, 2.24) is 14.8 Å². The molecule has 0 aliphatic heterocycles. The van der Waals surface area contributed by atoms with Crippen molar-refractivity contribution in [2.75, 3.05) is 0 Å². The molecule has 0 bridgehead atoms. The number of halogens is 2. The fourth-order valence-electron chi connectivity index (χ4n) is 2.54. The van der Waals surface area contributed by atoms with E-state index >= 15 is 0 Å². The van der Waals surface area contributed by atoms with E-state index in [2.05, 4.69) is 32.7 Å². The van der Waals surface area contributed by atoms with Crippen LogP contribution in [0.1, 0.15) is 24.4 Å². The zero-order valence-corrected chi connectivity index (χ0v) is 17.2. The summed E-state index contributed by atoms with van der Waals surface area (Å²) >= 11 is 4.85. The second-order valence-electron chi connectivity index (χ2n) is 5.83. The third-order valence-corrected chi connectivity index (χ3v) is 5.41. The Morgan fingerprint density at radius 2 is 1.96 bits per heavy atom. The minimum atomic E-state index is -0.290. The van der Waals surface area contributed by atoms with Crippen molar-refractivity contribution >= 4 is 27.7 Å². The minimum Gasteiger partial charge on any atom is -0.483 e. The Morgan fingerprint density at radius 3 is 2.67 bits per heavy atom. The van der Waals surface area contributed by atoms with Crippen LogP contribution in [0.5, 0.6) is 5.75 Å². The van der Waals surface area contributed by atoms with Gasteiger partial charge in [0.05, 0.1) is 0 Å². The third kappa shape index (κ3) is 4.99. The molecule has 0 amide bonds. The molecule has 3 rings (SSSR count). The zero-order chi connectivity index (χ0) is 19.2. The number of benzene rings is 2. The lowest BCUT2D eigenvalue weighted by Crippen LogP contribution is -2.12. The van der Waals surface area contributed by atoms with Crippen LogP contribution in [-0.4, -0.2) is 14.8 Å². The van der Waals surface area contributed by atoms with Crippen LogP contribution in [0.3, 0.4) is 0 Å². The van der Waals surface area contributed by atoms with Crippen molar-refractivity contribution in [3.8, 4) is 5.75 Å². The van der Waals surface area contributed by atoms with Gasteiger partial charge in [-0.3, -0.25) is 4.57 Å². The monoisotopic (exact) mass is 447 g/mol. The molecule has 3 aromatic rings. The number of thioether (sulfide) groups is 1. The molecule has 2 aromatic carbocycles. The number of nitrogens with zero attached hydrogens (tertiary/aromatic N) is 3. The molecule has 0 N–H and O–H groups in total. The number of rotatable bonds is 8. The SMILES string of the molecule is C=CCn1c(SCc2ccccc2F)nnc1C(C)Oc1ccc(Br)cc1. The Bertz CT molecular complexity index is 914. The molecule has 1 aromatic heterocycles. The third-order valence-electron chi connectivity index (χ3n) is 3.86. The summed E-state index contributed by atoms with van der Waals surface area (Å²) in [6.07, 6.45) is 1.49. The molecule has 140 valence electrons. The molecule has 27 heavy (non-hydrogen) atoms. The molecule has 0 aliphatic carbocycles. The number of allylic oxidation sites excluding steroid dienone is 1. The molecule has 1 unspecified atom stereocenters. The standard InChI is InChI=1S/C20H19BrFN3OS/c1-3-12-25-19(14(2)26-17-10-8-16(21)9-11-17)23-24-20(25)27-13-15-6-4-5-7-18(15)22/h3-11,14H,1,12-13H2,2H3. The summed E-state index contributed by atoms with van der Waals surface area (Å²) in [5, 5.41) is 9.28. The number of hydrogen-bond donors (Lipinski definition) is 0. The van der Waals surface area contributed by atoms with Gasteiger partial charge in [0.1, 0.15) is 11.6 Å². The smallest absolute Gasteiger partial charge is 0.191 e. The highest BCUT2D eigenvalue weighted by Gasteiger charge is 2.19. The first-order valence-corrected chi connectivity index (χ1v) is 10.2. The maximum absolute atomic E-state index is 13.8. The molecular formula is C20H19BrFN3OS. The van der Waals surface area contributed by atoms with E-state index in [0.717, 1.165) is 10.2 Å². The predicted molar refractivity (Wildman–Crippen MR) is 109 cm³/mol. The number of aromatic nitrogens is 3. The maximum Gasteiger partial charge on any atom is 0.191 e. The van der Waals surface area contributed by atoms with E-state index in [0.29, 0.717) is 28.8 Å². The van der Waals surface area contributed by atoms with Gasteiger partial charge in [-0.2, -0.15) is 0 Å². The largest absolute Gasteiger partial charge is 0.483 e. The molecule has 0 radical (unpaired) electrons. The van der Waals surface area contributed by atoms with E-state index in [1.807, 2.05) is 41.8 Å². The molecular weight excluding hydrogens is 429 g/mol. The van der Waals surface area contributed by atoms with E-state index in [1.165, 1.54) is 17.8 Å². The predicted octanol–water partition coefficient (Wildman–Crippen LogP) is 5.80. The Balaban J connectivity index is 1.76. The van der Waals surface area contributed by atoms with Gasteiger partial charge in [0.25, 0.3) is 0 Å².